The van der Waals surface area contributed by atoms with Gasteiger partial charge in [0.1, 0.15) is 0 Å². The van der Waals surface area contributed by atoms with Crippen LogP contribution in [-0.4, -0.2) is 42.9 Å². The summed E-state index contributed by atoms with van der Waals surface area (Å²) in [5.41, 5.74) is 0. The van der Waals surface area contributed by atoms with Crippen LogP contribution in [0.15, 0.2) is 0 Å². The molecule has 0 radical (unpaired) electrons. The second-order valence-electron chi connectivity index (χ2n) is 5.21. The Kier molecular flexibility index (Phi) is 6.82. The van der Waals surface area contributed by atoms with Crippen molar-refractivity contribution >= 4 is 17.3 Å². The highest BCUT2D eigenvalue weighted by Gasteiger charge is 2.24. The van der Waals surface area contributed by atoms with Gasteiger partial charge in [-0.3, -0.25) is 0 Å². The van der Waals surface area contributed by atoms with Gasteiger partial charge in [0.25, 0.3) is 0 Å². The fourth-order valence-electron chi connectivity index (χ4n) is 2.37. The summed E-state index contributed by atoms with van der Waals surface area (Å²) in [7, 11) is 1.72. The molecule has 3 nitrogen and oxygen atoms in total. The average molecular weight is 258 g/mol. The largest absolute Gasteiger partial charge is 0.383 e. The lowest BCUT2D eigenvalue weighted by Gasteiger charge is -2.33. The molecule has 0 aromatic rings. The first-order valence-electron chi connectivity index (χ1n) is 6.68. The van der Waals surface area contributed by atoms with Gasteiger partial charge in [-0.05, 0) is 31.0 Å². The minimum absolute atomic E-state index is 0.651. The molecule has 1 aliphatic carbocycles. The molecule has 4 heteroatoms. The van der Waals surface area contributed by atoms with E-state index in [4.69, 9.17) is 17.0 Å². The summed E-state index contributed by atoms with van der Waals surface area (Å²) in [5.74, 6) is 0.651. The van der Waals surface area contributed by atoms with Crippen LogP contribution in [0.2, 0.25) is 0 Å². The van der Waals surface area contributed by atoms with Crippen LogP contribution in [0.1, 0.15) is 39.5 Å². The van der Waals surface area contributed by atoms with Gasteiger partial charge >= 0.3 is 0 Å². The Morgan fingerprint density at radius 1 is 1.41 bits per heavy atom. The van der Waals surface area contributed by atoms with E-state index in [1.807, 2.05) is 0 Å². The zero-order valence-corrected chi connectivity index (χ0v) is 12.2. The van der Waals surface area contributed by atoms with E-state index in [-0.39, 0.29) is 0 Å². The topological polar surface area (TPSA) is 24.5 Å². The lowest BCUT2D eigenvalue weighted by Crippen LogP contribution is -2.47. The normalized spacial score (nSPS) is 16.5. The van der Waals surface area contributed by atoms with Crippen molar-refractivity contribution in [3.63, 3.8) is 0 Å². The number of hydrogen-bond acceptors (Lipinski definition) is 2. The van der Waals surface area contributed by atoms with E-state index in [1.54, 1.807) is 7.11 Å². The highest BCUT2D eigenvalue weighted by atomic mass is 32.1. The predicted molar refractivity (Wildman–Crippen MR) is 76.3 cm³/mol. The van der Waals surface area contributed by atoms with Gasteiger partial charge in [0.2, 0.25) is 0 Å². The van der Waals surface area contributed by atoms with Crippen LogP contribution in [0.25, 0.3) is 0 Å². The van der Waals surface area contributed by atoms with Crippen molar-refractivity contribution < 1.29 is 4.74 Å². The Hall–Kier alpha value is -0.350. The molecular weight excluding hydrogens is 232 g/mol. The van der Waals surface area contributed by atoms with Crippen LogP contribution in [0.5, 0.6) is 0 Å². The predicted octanol–water partition coefficient (Wildman–Crippen LogP) is 2.41. The molecule has 0 spiro atoms. The third-order valence-corrected chi connectivity index (χ3v) is 3.55. The number of nitrogens with one attached hydrogen (secondary N) is 1. The monoisotopic (exact) mass is 258 g/mol. The smallest absolute Gasteiger partial charge is 0.169 e. The van der Waals surface area contributed by atoms with E-state index in [0.29, 0.717) is 18.6 Å². The molecule has 1 N–H and O–H groups in total. The van der Waals surface area contributed by atoms with E-state index in [1.165, 1.54) is 25.7 Å². The molecule has 0 aromatic heterocycles. The van der Waals surface area contributed by atoms with E-state index in [2.05, 4.69) is 24.1 Å². The van der Waals surface area contributed by atoms with Gasteiger partial charge in [0.05, 0.1) is 6.61 Å². The van der Waals surface area contributed by atoms with Gasteiger partial charge in [-0.25, -0.2) is 0 Å². The first-order valence-corrected chi connectivity index (χ1v) is 7.09. The van der Waals surface area contributed by atoms with Crippen molar-refractivity contribution in [2.45, 2.75) is 45.6 Å². The number of nitrogens with zero attached hydrogens (tertiary/aromatic N) is 1. The lowest BCUT2D eigenvalue weighted by atomic mass is 10.1. The summed E-state index contributed by atoms with van der Waals surface area (Å²) in [6.45, 7) is 7.07. The maximum Gasteiger partial charge on any atom is 0.169 e. The zero-order chi connectivity index (χ0) is 12.7. The van der Waals surface area contributed by atoms with E-state index < -0.39 is 0 Å². The third-order valence-electron chi connectivity index (χ3n) is 3.17. The van der Waals surface area contributed by atoms with Gasteiger partial charge in [0, 0.05) is 26.2 Å². The van der Waals surface area contributed by atoms with Crippen molar-refractivity contribution in [2.24, 2.45) is 5.92 Å². The summed E-state index contributed by atoms with van der Waals surface area (Å²) in [4.78, 5) is 2.39. The Morgan fingerprint density at radius 3 is 2.59 bits per heavy atom. The number of hydrogen-bond donors (Lipinski definition) is 1. The average Bonchev–Trinajstić information content (AvgIpc) is 2.79. The molecule has 1 aliphatic rings. The standard InChI is InChI=1S/C13H26N2OS/c1-11(2)10-15(12-6-4-5-7-12)13(17)14-8-9-16-3/h11-12H,4-10H2,1-3H3,(H,14,17). The van der Waals surface area contributed by atoms with Crippen LogP contribution < -0.4 is 5.32 Å². The molecule has 0 unspecified atom stereocenters. The van der Waals surface area contributed by atoms with Crippen LogP contribution in [0.4, 0.5) is 0 Å². The molecule has 1 fully saturated rings. The Labute approximate surface area is 111 Å². The summed E-state index contributed by atoms with van der Waals surface area (Å²) >= 11 is 5.50. The first-order chi connectivity index (χ1) is 8.15. The SMILES string of the molecule is COCCNC(=S)N(CC(C)C)C1CCCC1. The van der Waals surface area contributed by atoms with E-state index in [9.17, 15) is 0 Å². The second kappa shape index (κ2) is 7.88. The Bertz CT molecular complexity index is 227. The number of rotatable bonds is 6. The van der Waals surface area contributed by atoms with Gasteiger partial charge < -0.3 is 15.0 Å². The summed E-state index contributed by atoms with van der Waals surface area (Å²) in [5, 5.41) is 4.20. The van der Waals surface area contributed by atoms with Crippen molar-refractivity contribution in [3.8, 4) is 0 Å². The molecule has 1 rings (SSSR count). The highest BCUT2D eigenvalue weighted by Crippen LogP contribution is 2.24. The van der Waals surface area contributed by atoms with E-state index >= 15 is 0 Å². The summed E-state index contributed by atoms with van der Waals surface area (Å²) in [6.07, 6.45) is 5.28. The summed E-state index contributed by atoms with van der Waals surface area (Å²) in [6, 6.07) is 0.653. The van der Waals surface area contributed by atoms with Crippen LogP contribution in [0.3, 0.4) is 0 Å². The van der Waals surface area contributed by atoms with Crippen molar-refractivity contribution in [1.82, 2.24) is 10.2 Å². The lowest BCUT2D eigenvalue weighted by molar-refractivity contribution is 0.201. The molecule has 1 saturated carbocycles. The van der Waals surface area contributed by atoms with Crippen molar-refractivity contribution in [1.29, 1.82) is 0 Å². The van der Waals surface area contributed by atoms with Crippen molar-refractivity contribution in [3.05, 3.63) is 0 Å². The van der Waals surface area contributed by atoms with Crippen LogP contribution in [0, 0.1) is 5.92 Å². The molecule has 0 bridgehead atoms. The van der Waals surface area contributed by atoms with Crippen molar-refractivity contribution in [2.75, 3.05) is 26.8 Å². The first kappa shape index (κ1) is 14.7. The Balaban J connectivity index is 2.45. The minimum atomic E-state index is 0.651. The third kappa shape index (κ3) is 5.21. The maximum absolute atomic E-state index is 5.50. The molecule has 0 saturated heterocycles. The molecule has 0 amide bonds. The van der Waals surface area contributed by atoms with Crippen LogP contribution >= 0.6 is 12.2 Å². The molecule has 0 aromatic carbocycles. The second-order valence-corrected chi connectivity index (χ2v) is 5.60. The minimum Gasteiger partial charge on any atom is -0.383 e. The number of methoxy groups -OCH3 is 1. The zero-order valence-electron chi connectivity index (χ0n) is 11.4. The molecule has 0 aliphatic heterocycles. The highest BCUT2D eigenvalue weighted by molar-refractivity contribution is 7.80. The van der Waals surface area contributed by atoms with Gasteiger partial charge in [-0.1, -0.05) is 26.7 Å². The molecule has 0 heterocycles. The fraction of sp³-hybridized carbons (Fsp3) is 0.923. The van der Waals surface area contributed by atoms with Gasteiger partial charge in [0.15, 0.2) is 5.11 Å². The number of thiocarbonyl (C=S) groups is 1. The molecule has 17 heavy (non-hydrogen) atoms. The van der Waals surface area contributed by atoms with Gasteiger partial charge in [-0.15, -0.1) is 0 Å². The Morgan fingerprint density at radius 2 is 2.06 bits per heavy atom. The van der Waals surface area contributed by atoms with E-state index in [0.717, 1.165) is 18.2 Å². The summed E-state index contributed by atoms with van der Waals surface area (Å²) < 4.78 is 5.04. The van der Waals surface area contributed by atoms with Crippen LogP contribution in [-0.2, 0) is 4.74 Å². The van der Waals surface area contributed by atoms with Gasteiger partial charge in [-0.2, -0.15) is 0 Å². The fourth-order valence-corrected chi connectivity index (χ4v) is 2.69. The maximum atomic E-state index is 5.50. The quantitative estimate of drug-likeness (QED) is 0.584. The molecular formula is C13H26N2OS. The molecule has 100 valence electrons. The number of ether oxygens (including phenoxy) is 1. The molecule has 0 atom stereocenters.